The summed E-state index contributed by atoms with van der Waals surface area (Å²) < 4.78 is 0. The Bertz CT molecular complexity index is 417. The van der Waals surface area contributed by atoms with Gasteiger partial charge in [-0.2, -0.15) is 0 Å². The van der Waals surface area contributed by atoms with E-state index < -0.39 is 4.92 Å². The summed E-state index contributed by atoms with van der Waals surface area (Å²) in [5.41, 5.74) is 6.38. The van der Waals surface area contributed by atoms with Gasteiger partial charge in [0.2, 0.25) is 0 Å². The van der Waals surface area contributed by atoms with Crippen LogP contribution >= 0.6 is 11.6 Å². The highest BCUT2D eigenvalue weighted by atomic mass is 35.5. The van der Waals surface area contributed by atoms with Crippen molar-refractivity contribution in [2.24, 2.45) is 11.1 Å². The molecule has 17 heavy (non-hydrogen) atoms. The molecule has 94 valence electrons. The van der Waals surface area contributed by atoms with E-state index in [9.17, 15) is 10.1 Å². The Morgan fingerprint density at radius 2 is 2.18 bits per heavy atom. The Morgan fingerprint density at radius 3 is 2.65 bits per heavy atom. The topological polar surface area (TPSA) is 69.2 Å². The normalized spacial score (nSPS) is 14.4. The van der Waals surface area contributed by atoms with Gasteiger partial charge in [-0.3, -0.25) is 10.1 Å². The Morgan fingerprint density at radius 1 is 1.53 bits per heavy atom. The van der Waals surface area contributed by atoms with E-state index in [0.717, 1.165) is 6.42 Å². The predicted molar refractivity (Wildman–Crippen MR) is 69.3 cm³/mol. The third-order valence-electron chi connectivity index (χ3n) is 3.21. The lowest BCUT2D eigenvalue weighted by Crippen LogP contribution is -2.29. The van der Waals surface area contributed by atoms with Crippen molar-refractivity contribution in [2.75, 3.05) is 6.54 Å². The molecule has 0 aliphatic carbocycles. The second-order valence-electron chi connectivity index (χ2n) is 4.58. The SMILES string of the molecule is CCC(C)(CN)Cc1ccc(Cl)cc1[N+](=O)[O-]. The molecule has 1 aromatic carbocycles. The van der Waals surface area contributed by atoms with Gasteiger partial charge in [-0.25, -0.2) is 0 Å². The van der Waals surface area contributed by atoms with Crippen molar-refractivity contribution < 1.29 is 4.92 Å². The molecular formula is C12H17ClN2O2. The fraction of sp³-hybridized carbons (Fsp3) is 0.500. The van der Waals surface area contributed by atoms with Crippen molar-refractivity contribution in [1.82, 2.24) is 0 Å². The summed E-state index contributed by atoms with van der Waals surface area (Å²) in [6.07, 6.45) is 1.47. The number of rotatable bonds is 5. The lowest BCUT2D eigenvalue weighted by Gasteiger charge is -2.26. The van der Waals surface area contributed by atoms with Crippen LogP contribution in [0.25, 0.3) is 0 Å². The molecule has 0 saturated heterocycles. The largest absolute Gasteiger partial charge is 0.330 e. The molecule has 0 amide bonds. The predicted octanol–water partition coefficient (Wildman–Crippen LogP) is 3.17. The summed E-state index contributed by atoms with van der Waals surface area (Å²) in [6, 6.07) is 4.78. The van der Waals surface area contributed by atoms with Crippen LogP contribution in [0.3, 0.4) is 0 Å². The number of halogens is 1. The highest BCUT2D eigenvalue weighted by Gasteiger charge is 2.25. The van der Waals surface area contributed by atoms with E-state index in [-0.39, 0.29) is 11.1 Å². The maximum absolute atomic E-state index is 11.0. The van der Waals surface area contributed by atoms with Crippen molar-refractivity contribution in [2.45, 2.75) is 26.7 Å². The van der Waals surface area contributed by atoms with Gasteiger partial charge in [0.05, 0.1) is 4.92 Å². The van der Waals surface area contributed by atoms with Gasteiger partial charge in [0.25, 0.3) is 5.69 Å². The van der Waals surface area contributed by atoms with Crippen LogP contribution in [0.2, 0.25) is 5.02 Å². The van der Waals surface area contributed by atoms with Crippen molar-refractivity contribution in [3.63, 3.8) is 0 Å². The molecule has 5 heteroatoms. The molecule has 0 aliphatic heterocycles. The molecule has 1 rings (SSSR count). The highest BCUT2D eigenvalue weighted by Crippen LogP contribution is 2.31. The Hall–Kier alpha value is -1.13. The smallest absolute Gasteiger partial charge is 0.274 e. The Balaban J connectivity index is 3.10. The van der Waals surface area contributed by atoms with E-state index >= 15 is 0 Å². The lowest BCUT2D eigenvalue weighted by molar-refractivity contribution is -0.385. The first-order valence-corrected chi connectivity index (χ1v) is 5.92. The van der Waals surface area contributed by atoms with Crippen LogP contribution in [0.4, 0.5) is 5.69 Å². The van der Waals surface area contributed by atoms with E-state index in [1.165, 1.54) is 6.07 Å². The molecular weight excluding hydrogens is 240 g/mol. The zero-order chi connectivity index (χ0) is 13.1. The number of hydrogen-bond donors (Lipinski definition) is 1. The standard InChI is InChI=1S/C12H17ClN2O2/c1-3-12(2,8-14)7-9-4-5-10(13)6-11(9)15(16)17/h4-6H,3,7-8,14H2,1-2H3. The maximum Gasteiger partial charge on any atom is 0.274 e. The second kappa shape index (κ2) is 5.47. The van der Waals surface area contributed by atoms with Crippen LogP contribution in [-0.2, 0) is 6.42 Å². The van der Waals surface area contributed by atoms with E-state index in [1.54, 1.807) is 12.1 Å². The van der Waals surface area contributed by atoms with Crippen molar-refractivity contribution in [3.05, 3.63) is 38.9 Å². The first-order chi connectivity index (χ1) is 7.91. The van der Waals surface area contributed by atoms with Crippen LogP contribution in [0.5, 0.6) is 0 Å². The lowest BCUT2D eigenvalue weighted by atomic mass is 9.81. The molecule has 4 nitrogen and oxygen atoms in total. The molecule has 1 aromatic rings. The van der Waals surface area contributed by atoms with E-state index in [2.05, 4.69) is 0 Å². The molecule has 2 N–H and O–H groups in total. The van der Waals surface area contributed by atoms with Crippen molar-refractivity contribution in [1.29, 1.82) is 0 Å². The van der Waals surface area contributed by atoms with Gasteiger partial charge in [-0.1, -0.05) is 31.5 Å². The molecule has 0 aromatic heterocycles. The van der Waals surface area contributed by atoms with Crippen molar-refractivity contribution >= 4 is 17.3 Å². The van der Waals surface area contributed by atoms with Gasteiger partial charge in [0.1, 0.15) is 0 Å². The molecule has 0 bridgehead atoms. The molecule has 0 heterocycles. The number of hydrogen-bond acceptors (Lipinski definition) is 3. The zero-order valence-electron chi connectivity index (χ0n) is 10.1. The van der Waals surface area contributed by atoms with Crippen LogP contribution < -0.4 is 5.73 Å². The number of nitrogens with zero attached hydrogens (tertiary/aromatic N) is 1. The maximum atomic E-state index is 11.0. The van der Waals surface area contributed by atoms with Gasteiger partial charge in [0, 0.05) is 16.7 Å². The summed E-state index contributed by atoms with van der Waals surface area (Å²) in [5.74, 6) is 0. The van der Waals surface area contributed by atoms with E-state index in [0.29, 0.717) is 23.6 Å². The second-order valence-corrected chi connectivity index (χ2v) is 5.01. The van der Waals surface area contributed by atoms with E-state index in [1.807, 2.05) is 13.8 Å². The third kappa shape index (κ3) is 3.41. The van der Waals surface area contributed by atoms with Gasteiger partial charge in [-0.05, 0) is 30.9 Å². The summed E-state index contributed by atoms with van der Waals surface area (Å²) in [6.45, 7) is 4.57. The molecule has 0 aliphatic rings. The Labute approximate surface area is 106 Å². The average Bonchev–Trinajstić information content (AvgIpc) is 2.31. The summed E-state index contributed by atoms with van der Waals surface area (Å²) in [7, 11) is 0. The summed E-state index contributed by atoms with van der Waals surface area (Å²) in [5, 5.41) is 11.3. The number of nitro groups is 1. The first kappa shape index (κ1) is 13.9. The van der Waals surface area contributed by atoms with Crippen LogP contribution in [0, 0.1) is 15.5 Å². The van der Waals surface area contributed by atoms with Gasteiger partial charge in [0.15, 0.2) is 0 Å². The fourth-order valence-corrected chi connectivity index (χ4v) is 1.82. The monoisotopic (exact) mass is 256 g/mol. The highest BCUT2D eigenvalue weighted by molar-refractivity contribution is 6.30. The average molecular weight is 257 g/mol. The van der Waals surface area contributed by atoms with Crippen LogP contribution in [0.15, 0.2) is 18.2 Å². The Kier molecular flexibility index (Phi) is 4.48. The minimum absolute atomic E-state index is 0.0747. The quantitative estimate of drug-likeness (QED) is 0.650. The number of benzene rings is 1. The third-order valence-corrected chi connectivity index (χ3v) is 3.44. The summed E-state index contributed by atoms with van der Waals surface area (Å²) in [4.78, 5) is 10.6. The minimum Gasteiger partial charge on any atom is -0.330 e. The molecule has 1 atom stereocenters. The van der Waals surface area contributed by atoms with Crippen LogP contribution in [-0.4, -0.2) is 11.5 Å². The molecule has 0 fully saturated rings. The van der Waals surface area contributed by atoms with Crippen molar-refractivity contribution in [3.8, 4) is 0 Å². The molecule has 0 radical (unpaired) electrons. The number of nitrogens with two attached hydrogens (primary N) is 1. The first-order valence-electron chi connectivity index (χ1n) is 5.55. The van der Waals surface area contributed by atoms with Gasteiger partial charge < -0.3 is 5.73 Å². The summed E-state index contributed by atoms with van der Waals surface area (Å²) >= 11 is 5.77. The van der Waals surface area contributed by atoms with Crippen LogP contribution in [0.1, 0.15) is 25.8 Å². The fourth-order valence-electron chi connectivity index (χ4n) is 1.66. The molecule has 0 saturated carbocycles. The van der Waals surface area contributed by atoms with E-state index in [4.69, 9.17) is 17.3 Å². The van der Waals surface area contributed by atoms with Gasteiger partial charge >= 0.3 is 0 Å². The number of nitro benzene ring substituents is 1. The zero-order valence-corrected chi connectivity index (χ0v) is 10.8. The minimum atomic E-state index is -0.395. The molecule has 1 unspecified atom stereocenters. The molecule has 0 spiro atoms. The van der Waals surface area contributed by atoms with Gasteiger partial charge in [-0.15, -0.1) is 0 Å².